The smallest absolute Gasteiger partial charge is 0.328 e. The van der Waals surface area contributed by atoms with E-state index in [9.17, 15) is 4.79 Å². The number of aryl methyl sites for hydroxylation is 1. The number of nitrogens with zero attached hydrogens (tertiary/aromatic N) is 3. The van der Waals surface area contributed by atoms with Crippen molar-refractivity contribution in [2.45, 2.75) is 32.5 Å². The molecular weight excluding hydrogens is 218 g/mol. The Labute approximate surface area is 102 Å². The standard InChI is InChI=1S/C12H21N3O2/c1-3-4-14-5-6-15(12(14)16)10-11-9-13(2)7-8-17-11/h5-6,11H,3-4,7-10H2,1-2H3. The minimum atomic E-state index is 0.0728. The molecule has 17 heavy (non-hydrogen) atoms. The summed E-state index contributed by atoms with van der Waals surface area (Å²) in [5.41, 5.74) is 0.0728. The van der Waals surface area contributed by atoms with E-state index >= 15 is 0 Å². The maximum absolute atomic E-state index is 12.0. The number of imidazole rings is 1. The summed E-state index contributed by atoms with van der Waals surface area (Å²) in [7, 11) is 2.08. The van der Waals surface area contributed by atoms with Crippen LogP contribution >= 0.6 is 0 Å². The number of likely N-dealkylation sites (N-methyl/N-ethyl adjacent to an activating group) is 1. The minimum Gasteiger partial charge on any atom is -0.374 e. The van der Waals surface area contributed by atoms with Crippen LogP contribution in [0.4, 0.5) is 0 Å². The van der Waals surface area contributed by atoms with Gasteiger partial charge >= 0.3 is 5.69 Å². The molecule has 0 amide bonds. The predicted octanol–water partition coefficient (Wildman–Crippen LogP) is 0.390. The van der Waals surface area contributed by atoms with Crippen molar-refractivity contribution in [2.75, 3.05) is 26.7 Å². The molecule has 1 aromatic rings. The first kappa shape index (κ1) is 12.4. The first-order valence-corrected chi connectivity index (χ1v) is 6.26. The number of hydrogen-bond acceptors (Lipinski definition) is 3. The highest BCUT2D eigenvalue weighted by atomic mass is 16.5. The van der Waals surface area contributed by atoms with Crippen LogP contribution in [-0.4, -0.2) is 46.9 Å². The second-order valence-electron chi connectivity index (χ2n) is 4.68. The van der Waals surface area contributed by atoms with E-state index < -0.39 is 0 Å². The summed E-state index contributed by atoms with van der Waals surface area (Å²) in [4.78, 5) is 14.2. The van der Waals surface area contributed by atoms with Crippen molar-refractivity contribution < 1.29 is 4.74 Å². The quantitative estimate of drug-likeness (QED) is 0.763. The van der Waals surface area contributed by atoms with Crippen molar-refractivity contribution in [2.24, 2.45) is 0 Å². The molecule has 1 aliphatic rings. The van der Waals surface area contributed by atoms with Crippen LogP contribution in [0.2, 0.25) is 0 Å². The second-order valence-corrected chi connectivity index (χ2v) is 4.68. The van der Waals surface area contributed by atoms with Gasteiger partial charge in [-0.15, -0.1) is 0 Å². The molecule has 0 radical (unpaired) electrons. The molecule has 96 valence electrons. The SMILES string of the molecule is CCCn1ccn(CC2CN(C)CCO2)c1=O. The molecule has 0 N–H and O–H groups in total. The summed E-state index contributed by atoms with van der Waals surface area (Å²) in [6.07, 6.45) is 4.82. The molecule has 2 rings (SSSR count). The Morgan fingerprint density at radius 2 is 2.18 bits per heavy atom. The van der Waals surface area contributed by atoms with Crippen LogP contribution in [0.15, 0.2) is 17.2 Å². The number of aromatic nitrogens is 2. The van der Waals surface area contributed by atoms with Crippen molar-refractivity contribution in [1.29, 1.82) is 0 Å². The summed E-state index contributed by atoms with van der Waals surface area (Å²) >= 11 is 0. The first-order valence-electron chi connectivity index (χ1n) is 6.26. The molecule has 1 unspecified atom stereocenters. The van der Waals surface area contributed by atoms with Crippen molar-refractivity contribution in [1.82, 2.24) is 14.0 Å². The first-order chi connectivity index (χ1) is 8.20. The Morgan fingerprint density at radius 1 is 1.41 bits per heavy atom. The summed E-state index contributed by atoms with van der Waals surface area (Å²) < 4.78 is 9.17. The Kier molecular flexibility index (Phi) is 4.02. The fraction of sp³-hybridized carbons (Fsp3) is 0.750. The van der Waals surface area contributed by atoms with E-state index in [0.29, 0.717) is 6.54 Å². The van der Waals surface area contributed by atoms with Crippen LogP contribution in [-0.2, 0) is 17.8 Å². The fourth-order valence-corrected chi connectivity index (χ4v) is 2.20. The van der Waals surface area contributed by atoms with E-state index in [1.165, 1.54) is 0 Å². The molecule has 0 aromatic carbocycles. The molecule has 2 heterocycles. The topological polar surface area (TPSA) is 39.4 Å². The Hall–Kier alpha value is -1.07. The molecule has 1 aromatic heterocycles. The van der Waals surface area contributed by atoms with E-state index in [-0.39, 0.29) is 11.8 Å². The highest BCUT2D eigenvalue weighted by molar-refractivity contribution is 4.83. The Balaban J connectivity index is 2.01. The lowest BCUT2D eigenvalue weighted by Gasteiger charge is -2.29. The lowest BCUT2D eigenvalue weighted by Crippen LogP contribution is -2.43. The third-order valence-corrected chi connectivity index (χ3v) is 3.12. The van der Waals surface area contributed by atoms with Crippen LogP contribution in [0.25, 0.3) is 0 Å². The lowest BCUT2D eigenvalue weighted by molar-refractivity contribution is -0.0279. The van der Waals surface area contributed by atoms with Crippen molar-refractivity contribution in [3.8, 4) is 0 Å². The van der Waals surface area contributed by atoms with Gasteiger partial charge in [0, 0.05) is 32.0 Å². The van der Waals surface area contributed by atoms with Crippen LogP contribution < -0.4 is 5.69 Å². The van der Waals surface area contributed by atoms with E-state index in [0.717, 1.165) is 32.7 Å². The highest BCUT2D eigenvalue weighted by Crippen LogP contribution is 2.04. The summed E-state index contributed by atoms with van der Waals surface area (Å²) in [5, 5.41) is 0. The molecule has 0 bridgehead atoms. The number of hydrogen-bond donors (Lipinski definition) is 0. The molecule has 0 aliphatic carbocycles. The van der Waals surface area contributed by atoms with Gasteiger partial charge in [-0.3, -0.25) is 9.13 Å². The van der Waals surface area contributed by atoms with Crippen LogP contribution in [0.3, 0.4) is 0 Å². The predicted molar refractivity (Wildman–Crippen MR) is 66.2 cm³/mol. The van der Waals surface area contributed by atoms with Gasteiger partial charge in [0.15, 0.2) is 0 Å². The maximum Gasteiger partial charge on any atom is 0.328 e. The Bertz CT molecular complexity index is 410. The fourth-order valence-electron chi connectivity index (χ4n) is 2.20. The van der Waals surface area contributed by atoms with Gasteiger partial charge in [-0.1, -0.05) is 6.92 Å². The third-order valence-electron chi connectivity index (χ3n) is 3.12. The molecule has 5 nitrogen and oxygen atoms in total. The van der Waals surface area contributed by atoms with Crippen LogP contribution in [0.5, 0.6) is 0 Å². The van der Waals surface area contributed by atoms with E-state index in [2.05, 4.69) is 18.9 Å². The molecule has 5 heteroatoms. The number of rotatable bonds is 4. The van der Waals surface area contributed by atoms with Gasteiger partial charge in [-0.05, 0) is 13.5 Å². The summed E-state index contributed by atoms with van der Waals surface area (Å²) in [6.45, 7) is 6.14. The maximum atomic E-state index is 12.0. The molecular formula is C12H21N3O2. The van der Waals surface area contributed by atoms with Crippen molar-refractivity contribution >= 4 is 0 Å². The normalized spacial score (nSPS) is 21.9. The average molecular weight is 239 g/mol. The molecule has 1 atom stereocenters. The van der Waals surface area contributed by atoms with Crippen molar-refractivity contribution in [3.05, 3.63) is 22.9 Å². The van der Waals surface area contributed by atoms with Gasteiger partial charge in [-0.2, -0.15) is 0 Å². The largest absolute Gasteiger partial charge is 0.374 e. The molecule has 1 aliphatic heterocycles. The van der Waals surface area contributed by atoms with Gasteiger partial charge in [0.2, 0.25) is 0 Å². The zero-order chi connectivity index (χ0) is 12.3. The molecule has 1 saturated heterocycles. The van der Waals surface area contributed by atoms with Gasteiger partial charge in [-0.25, -0.2) is 4.79 Å². The van der Waals surface area contributed by atoms with E-state index in [4.69, 9.17) is 4.74 Å². The minimum absolute atomic E-state index is 0.0728. The van der Waals surface area contributed by atoms with E-state index in [1.807, 2.05) is 12.4 Å². The van der Waals surface area contributed by atoms with Gasteiger partial charge in [0.25, 0.3) is 0 Å². The van der Waals surface area contributed by atoms with Crippen LogP contribution in [0.1, 0.15) is 13.3 Å². The van der Waals surface area contributed by atoms with Gasteiger partial charge < -0.3 is 9.64 Å². The summed E-state index contributed by atoms with van der Waals surface area (Å²) in [6, 6.07) is 0. The van der Waals surface area contributed by atoms with Gasteiger partial charge in [0.05, 0.1) is 19.3 Å². The van der Waals surface area contributed by atoms with Gasteiger partial charge in [0.1, 0.15) is 0 Å². The molecule has 1 fully saturated rings. The third kappa shape index (κ3) is 2.98. The van der Waals surface area contributed by atoms with E-state index in [1.54, 1.807) is 9.13 Å². The number of morpholine rings is 1. The Morgan fingerprint density at radius 3 is 2.88 bits per heavy atom. The average Bonchev–Trinajstić information content (AvgIpc) is 2.62. The molecule has 0 spiro atoms. The summed E-state index contributed by atoms with van der Waals surface area (Å²) in [5.74, 6) is 0. The van der Waals surface area contributed by atoms with Crippen LogP contribution in [0, 0.1) is 0 Å². The zero-order valence-corrected chi connectivity index (χ0v) is 10.6. The lowest BCUT2D eigenvalue weighted by atomic mass is 10.3. The zero-order valence-electron chi connectivity index (χ0n) is 10.6. The number of ether oxygens (including phenoxy) is 1. The monoisotopic (exact) mass is 239 g/mol. The van der Waals surface area contributed by atoms with Crippen molar-refractivity contribution in [3.63, 3.8) is 0 Å². The molecule has 0 saturated carbocycles. The second kappa shape index (κ2) is 5.51. The highest BCUT2D eigenvalue weighted by Gasteiger charge is 2.18.